The highest BCUT2D eigenvalue weighted by atomic mass is 19.2. The van der Waals surface area contributed by atoms with Gasteiger partial charge >= 0.3 is 0 Å². The van der Waals surface area contributed by atoms with Crippen LogP contribution in [0.4, 0.5) is 8.78 Å². The van der Waals surface area contributed by atoms with E-state index in [1.807, 2.05) is 53.4 Å². The SMILES string of the molecule is COc1ccccc1[C@@H]1CN(CC(=O)NCc2cccc(F)c2F)Cc2ccccc2O1. The fraction of sp³-hybridized carbons (Fsp3) is 0.240. The van der Waals surface area contributed by atoms with E-state index in [1.54, 1.807) is 7.11 Å². The Balaban J connectivity index is 1.51. The van der Waals surface area contributed by atoms with Crippen LogP contribution in [0, 0.1) is 11.6 Å². The largest absolute Gasteiger partial charge is 0.496 e. The second-order valence-electron chi connectivity index (χ2n) is 7.62. The molecule has 5 nitrogen and oxygen atoms in total. The van der Waals surface area contributed by atoms with E-state index in [2.05, 4.69) is 5.32 Å². The zero-order valence-corrected chi connectivity index (χ0v) is 17.7. The van der Waals surface area contributed by atoms with E-state index in [9.17, 15) is 13.6 Å². The van der Waals surface area contributed by atoms with E-state index in [-0.39, 0.29) is 30.7 Å². The zero-order chi connectivity index (χ0) is 22.5. The molecule has 3 aromatic carbocycles. The predicted molar refractivity (Wildman–Crippen MR) is 116 cm³/mol. The summed E-state index contributed by atoms with van der Waals surface area (Å²) >= 11 is 0. The van der Waals surface area contributed by atoms with Crippen molar-refractivity contribution < 1.29 is 23.0 Å². The van der Waals surface area contributed by atoms with Crippen LogP contribution in [-0.2, 0) is 17.9 Å². The lowest BCUT2D eigenvalue weighted by molar-refractivity contribution is -0.122. The topological polar surface area (TPSA) is 50.8 Å². The summed E-state index contributed by atoms with van der Waals surface area (Å²) in [5.74, 6) is -0.693. The van der Waals surface area contributed by atoms with Crippen molar-refractivity contribution in [3.8, 4) is 11.5 Å². The summed E-state index contributed by atoms with van der Waals surface area (Å²) in [6.07, 6.45) is -0.344. The highest BCUT2D eigenvalue weighted by molar-refractivity contribution is 5.78. The molecule has 1 heterocycles. The maximum absolute atomic E-state index is 13.9. The number of methoxy groups -OCH3 is 1. The minimum absolute atomic E-state index is 0.0836. The summed E-state index contributed by atoms with van der Waals surface area (Å²) in [5.41, 5.74) is 1.96. The third-order valence-electron chi connectivity index (χ3n) is 5.42. The van der Waals surface area contributed by atoms with Gasteiger partial charge in [0.15, 0.2) is 11.6 Å². The summed E-state index contributed by atoms with van der Waals surface area (Å²) < 4.78 is 39.1. The number of ether oxygens (including phenoxy) is 2. The lowest BCUT2D eigenvalue weighted by Crippen LogP contribution is -2.38. The number of halogens is 2. The molecule has 3 aromatic rings. The first-order valence-electron chi connectivity index (χ1n) is 10.3. The van der Waals surface area contributed by atoms with Crippen molar-refractivity contribution in [2.75, 3.05) is 20.2 Å². The van der Waals surface area contributed by atoms with Gasteiger partial charge in [-0.05, 0) is 18.2 Å². The molecule has 32 heavy (non-hydrogen) atoms. The molecule has 166 valence electrons. The number of carbonyl (C=O) groups is 1. The predicted octanol–water partition coefficient (Wildman–Crippen LogP) is 4.23. The first kappa shape index (κ1) is 21.8. The normalized spacial score (nSPS) is 15.9. The number of hydrogen-bond acceptors (Lipinski definition) is 4. The highest BCUT2D eigenvalue weighted by Crippen LogP contribution is 2.34. The molecule has 0 bridgehead atoms. The molecule has 0 aromatic heterocycles. The Hall–Kier alpha value is -3.45. The summed E-state index contributed by atoms with van der Waals surface area (Å²) in [6.45, 7) is 0.972. The van der Waals surface area contributed by atoms with Gasteiger partial charge in [0.2, 0.25) is 5.91 Å². The van der Waals surface area contributed by atoms with Gasteiger partial charge in [-0.25, -0.2) is 8.78 Å². The number of para-hydroxylation sites is 2. The van der Waals surface area contributed by atoms with Gasteiger partial charge in [-0.1, -0.05) is 48.5 Å². The first-order chi connectivity index (χ1) is 15.5. The van der Waals surface area contributed by atoms with Gasteiger partial charge in [-0.15, -0.1) is 0 Å². The Labute approximate surface area is 185 Å². The van der Waals surface area contributed by atoms with Gasteiger partial charge in [0.25, 0.3) is 0 Å². The first-order valence-corrected chi connectivity index (χ1v) is 10.3. The molecule has 1 amide bonds. The molecule has 0 aliphatic carbocycles. The van der Waals surface area contributed by atoms with Crippen molar-refractivity contribution >= 4 is 5.91 Å². The average Bonchev–Trinajstić information content (AvgIpc) is 2.99. The molecule has 0 fully saturated rings. The van der Waals surface area contributed by atoms with E-state index in [1.165, 1.54) is 12.1 Å². The smallest absolute Gasteiger partial charge is 0.234 e. The summed E-state index contributed by atoms with van der Waals surface area (Å²) in [6, 6.07) is 19.3. The third kappa shape index (κ3) is 4.89. The minimum Gasteiger partial charge on any atom is -0.496 e. The molecule has 0 spiro atoms. The summed E-state index contributed by atoms with van der Waals surface area (Å²) in [4.78, 5) is 14.6. The van der Waals surface area contributed by atoms with Crippen LogP contribution in [-0.4, -0.2) is 31.0 Å². The second-order valence-corrected chi connectivity index (χ2v) is 7.62. The number of nitrogens with zero attached hydrogens (tertiary/aromatic N) is 1. The Morgan fingerprint density at radius 1 is 1.09 bits per heavy atom. The van der Waals surface area contributed by atoms with E-state index in [0.717, 1.165) is 22.9 Å². The van der Waals surface area contributed by atoms with Crippen molar-refractivity contribution in [2.45, 2.75) is 19.2 Å². The van der Waals surface area contributed by atoms with Gasteiger partial charge in [0.1, 0.15) is 17.6 Å². The number of benzene rings is 3. The van der Waals surface area contributed by atoms with Crippen molar-refractivity contribution in [2.24, 2.45) is 0 Å². The van der Waals surface area contributed by atoms with Gasteiger partial charge in [0.05, 0.1) is 13.7 Å². The van der Waals surface area contributed by atoms with Crippen LogP contribution in [0.15, 0.2) is 66.7 Å². The van der Waals surface area contributed by atoms with Gasteiger partial charge < -0.3 is 14.8 Å². The monoisotopic (exact) mass is 438 g/mol. The van der Waals surface area contributed by atoms with Crippen LogP contribution in [0.2, 0.25) is 0 Å². The van der Waals surface area contributed by atoms with Crippen molar-refractivity contribution in [1.82, 2.24) is 10.2 Å². The van der Waals surface area contributed by atoms with E-state index >= 15 is 0 Å². The number of nitrogens with one attached hydrogen (secondary N) is 1. The van der Waals surface area contributed by atoms with E-state index < -0.39 is 11.6 Å². The van der Waals surface area contributed by atoms with Crippen LogP contribution < -0.4 is 14.8 Å². The number of carbonyl (C=O) groups excluding carboxylic acids is 1. The third-order valence-corrected chi connectivity index (χ3v) is 5.42. The Morgan fingerprint density at radius 3 is 2.72 bits per heavy atom. The Bertz CT molecular complexity index is 1110. The quantitative estimate of drug-likeness (QED) is 0.626. The molecule has 4 rings (SSSR count). The average molecular weight is 438 g/mol. The molecule has 1 aliphatic rings. The number of rotatable bonds is 6. The fourth-order valence-corrected chi connectivity index (χ4v) is 3.83. The van der Waals surface area contributed by atoms with E-state index in [0.29, 0.717) is 18.8 Å². The Kier molecular flexibility index (Phi) is 6.66. The van der Waals surface area contributed by atoms with Crippen molar-refractivity contribution in [3.63, 3.8) is 0 Å². The Morgan fingerprint density at radius 2 is 1.88 bits per heavy atom. The molecule has 0 saturated carbocycles. The van der Waals surface area contributed by atoms with Crippen LogP contribution >= 0.6 is 0 Å². The molecule has 1 aliphatic heterocycles. The second kappa shape index (κ2) is 9.78. The number of fused-ring (bicyclic) bond motifs is 1. The standard InChI is InChI=1S/C25H24F2N2O3/c1-31-22-12-5-3-9-19(22)23-15-29(14-18-7-2-4-11-21(18)32-23)16-24(30)28-13-17-8-6-10-20(26)25(17)27/h2-12,23H,13-16H2,1H3,(H,28,30)/t23-/m0/s1. The lowest BCUT2D eigenvalue weighted by Gasteiger charge is -2.24. The molecule has 1 atom stereocenters. The molecule has 0 saturated heterocycles. The maximum Gasteiger partial charge on any atom is 0.234 e. The number of amides is 1. The van der Waals surface area contributed by atoms with E-state index in [4.69, 9.17) is 9.47 Å². The lowest BCUT2D eigenvalue weighted by atomic mass is 10.1. The molecule has 7 heteroatoms. The fourth-order valence-electron chi connectivity index (χ4n) is 3.83. The van der Waals surface area contributed by atoms with Gasteiger partial charge in [0, 0.05) is 36.3 Å². The molecule has 0 radical (unpaired) electrons. The summed E-state index contributed by atoms with van der Waals surface area (Å²) in [7, 11) is 1.61. The molecular formula is C25H24F2N2O3. The molecule has 1 N–H and O–H groups in total. The highest BCUT2D eigenvalue weighted by Gasteiger charge is 2.27. The maximum atomic E-state index is 13.9. The van der Waals surface area contributed by atoms with Gasteiger partial charge in [-0.2, -0.15) is 0 Å². The van der Waals surface area contributed by atoms with Crippen LogP contribution in [0.25, 0.3) is 0 Å². The van der Waals surface area contributed by atoms with Gasteiger partial charge in [-0.3, -0.25) is 9.69 Å². The van der Waals surface area contributed by atoms with Crippen molar-refractivity contribution in [3.05, 3.63) is 95.1 Å². The van der Waals surface area contributed by atoms with Crippen LogP contribution in [0.3, 0.4) is 0 Å². The van der Waals surface area contributed by atoms with Crippen LogP contribution in [0.5, 0.6) is 11.5 Å². The molecule has 0 unspecified atom stereocenters. The zero-order valence-electron chi connectivity index (χ0n) is 17.7. The number of hydrogen-bond donors (Lipinski definition) is 1. The van der Waals surface area contributed by atoms with Crippen molar-refractivity contribution in [1.29, 1.82) is 0 Å². The molecular weight excluding hydrogens is 414 g/mol. The summed E-state index contributed by atoms with van der Waals surface area (Å²) in [5, 5.41) is 2.68. The minimum atomic E-state index is -0.943. The van der Waals surface area contributed by atoms with Crippen LogP contribution in [0.1, 0.15) is 22.8 Å².